The normalized spacial score (nSPS) is 10.9. The first-order valence-electron chi connectivity index (χ1n) is 5.05. The van der Waals surface area contributed by atoms with Gasteiger partial charge in [-0.05, 0) is 6.42 Å². The number of hydrogen-bond donors (Lipinski definition) is 3. The van der Waals surface area contributed by atoms with Crippen molar-refractivity contribution >= 4 is 27.7 Å². The molecule has 90 valence electrons. The molecule has 17 heavy (non-hydrogen) atoms. The van der Waals surface area contributed by atoms with Gasteiger partial charge in [0.15, 0.2) is 0 Å². The van der Waals surface area contributed by atoms with Crippen LogP contribution in [0.25, 0.3) is 10.3 Å². The summed E-state index contributed by atoms with van der Waals surface area (Å²) in [4.78, 5) is 38.8. The van der Waals surface area contributed by atoms with Crippen molar-refractivity contribution in [3.8, 4) is 0 Å². The van der Waals surface area contributed by atoms with Crippen LogP contribution in [0.4, 0.5) is 0 Å². The molecule has 0 aromatic carbocycles. The summed E-state index contributed by atoms with van der Waals surface area (Å²) in [7, 11) is 0. The number of carboxylic acid groups (broad SMARTS) is 1. The van der Waals surface area contributed by atoms with Gasteiger partial charge in [-0.2, -0.15) is 0 Å². The van der Waals surface area contributed by atoms with Crippen molar-refractivity contribution in [2.45, 2.75) is 19.8 Å². The Bertz CT molecular complexity index is 694. The maximum absolute atomic E-state index is 11.2. The molecule has 0 aliphatic rings. The summed E-state index contributed by atoms with van der Waals surface area (Å²) in [5.74, 6) is -1.05. The largest absolute Gasteiger partial charge is 0.477 e. The van der Waals surface area contributed by atoms with Crippen molar-refractivity contribution in [3.63, 3.8) is 0 Å². The summed E-state index contributed by atoms with van der Waals surface area (Å²) in [6.45, 7) is 1.92. The van der Waals surface area contributed by atoms with E-state index in [4.69, 9.17) is 5.11 Å². The molecular weight excluding hydrogens is 244 g/mol. The summed E-state index contributed by atoms with van der Waals surface area (Å²) in [6, 6.07) is 0. The predicted octanol–water partition coefficient (Wildman–Crippen LogP) is 0.929. The molecule has 0 saturated heterocycles. The second-order valence-electron chi connectivity index (χ2n) is 3.58. The summed E-state index contributed by atoms with van der Waals surface area (Å²) in [5, 5.41) is 9.06. The van der Waals surface area contributed by atoms with Crippen LogP contribution in [0.5, 0.6) is 0 Å². The minimum absolute atomic E-state index is 0.166. The SMILES string of the molecule is CCCc1c(C(=O)O)sc2[nH]c(=O)c(=O)[nH]c12. The zero-order valence-corrected chi connectivity index (χ0v) is 9.81. The number of hydrogen-bond acceptors (Lipinski definition) is 4. The Morgan fingerprint density at radius 3 is 2.53 bits per heavy atom. The zero-order chi connectivity index (χ0) is 12.6. The molecule has 2 aromatic heterocycles. The Balaban J connectivity index is 2.85. The van der Waals surface area contributed by atoms with Crippen molar-refractivity contribution in [2.75, 3.05) is 0 Å². The molecule has 0 spiro atoms. The Morgan fingerprint density at radius 1 is 1.29 bits per heavy atom. The first-order chi connectivity index (χ1) is 8.04. The van der Waals surface area contributed by atoms with Crippen LogP contribution in [0.1, 0.15) is 28.6 Å². The molecule has 0 fully saturated rings. The highest BCUT2D eigenvalue weighted by Gasteiger charge is 2.18. The van der Waals surface area contributed by atoms with E-state index in [0.29, 0.717) is 22.3 Å². The fraction of sp³-hybridized carbons (Fsp3) is 0.300. The summed E-state index contributed by atoms with van der Waals surface area (Å²) >= 11 is 0.970. The zero-order valence-electron chi connectivity index (χ0n) is 8.99. The highest BCUT2D eigenvalue weighted by atomic mass is 32.1. The van der Waals surface area contributed by atoms with Crippen LogP contribution in [-0.4, -0.2) is 21.0 Å². The molecule has 0 atom stereocenters. The third-order valence-corrected chi connectivity index (χ3v) is 3.51. The summed E-state index contributed by atoms with van der Waals surface area (Å²) < 4.78 is 0. The minimum Gasteiger partial charge on any atom is -0.477 e. The predicted molar refractivity (Wildman–Crippen MR) is 64.0 cm³/mol. The molecule has 0 bridgehead atoms. The van der Waals surface area contributed by atoms with Crippen LogP contribution in [0.2, 0.25) is 0 Å². The van der Waals surface area contributed by atoms with Gasteiger partial charge < -0.3 is 15.1 Å². The maximum Gasteiger partial charge on any atom is 0.346 e. The van der Waals surface area contributed by atoms with Gasteiger partial charge in [-0.1, -0.05) is 13.3 Å². The average Bonchev–Trinajstić information content (AvgIpc) is 2.59. The number of aromatic amines is 2. The number of carboxylic acids is 1. The maximum atomic E-state index is 11.2. The van der Waals surface area contributed by atoms with Crippen molar-refractivity contribution in [3.05, 3.63) is 31.1 Å². The number of thiophene rings is 1. The van der Waals surface area contributed by atoms with Gasteiger partial charge in [0.05, 0.1) is 5.52 Å². The number of H-pyrrole nitrogens is 2. The van der Waals surface area contributed by atoms with Gasteiger partial charge in [0.2, 0.25) is 0 Å². The van der Waals surface area contributed by atoms with Crippen LogP contribution in [0, 0.1) is 0 Å². The second-order valence-corrected chi connectivity index (χ2v) is 4.60. The monoisotopic (exact) mass is 254 g/mol. The second kappa shape index (κ2) is 4.17. The number of aromatic carboxylic acids is 1. The van der Waals surface area contributed by atoms with E-state index in [-0.39, 0.29) is 4.88 Å². The Kier molecular flexibility index (Phi) is 2.84. The Morgan fingerprint density at radius 2 is 1.94 bits per heavy atom. The lowest BCUT2D eigenvalue weighted by atomic mass is 10.1. The topological polar surface area (TPSA) is 103 Å². The molecule has 0 amide bonds. The number of rotatable bonds is 3. The quantitative estimate of drug-likeness (QED) is 0.709. The van der Waals surface area contributed by atoms with Crippen molar-refractivity contribution in [2.24, 2.45) is 0 Å². The van der Waals surface area contributed by atoms with E-state index < -0.39 is 17.1 Å². The third kappa shape index (κ3) is 1.89. The third-order valence-electron chi connectivity index (χ3n) is 2.37. The van der Waals surface area contributed by atoms with Crippen LogP contribution < -0.4 is 11.1 Å². The number of nitrogens with one attached hydrogen (secondary N) is 2. The molecule has 0 unspecified atom stereocenters. The van der Waals surface area contributed by atoms with E-state index in [1.165, 1.54) is 0 Å². The van der Waals surface area contributed by atoms with Gasteiger partial charge in [-0.3, -0.25) is 9.59 Å². The van der Waals surface area contributed by atoms with Crippen molar-refractivity contribution in [1.82, 2.24) is 9.97 Å². The summed E-state index contributed by atoms with van der Waals surface area (Å²) in [5.41, 5.74) is -0.518. The fourth-order valence-corrected chi connectivity index (χ4v) is 2.72. The molecule has 2 aromatic rings. The number of aryl methyl sites for hydroxylation is 1. The van der Waals surface area contributed by atoms with Gasteiger partial charge in [0.25, 0.3) is 0 Å². The van der Waals surface area contributed by atoms with E-state index in [9.17, 15) is 14.4 Å². The van der Waals surface area contributed by atoms with Gasteiger partial charge in [-0.25, -0.2) is 4.79 Å². The van der Waals surface area contributed by atoms with E-state index in [2.05, 4.69) is 9.97 Å². The number of aromatic nitrogens is 2. The highest BCUT2D eigenvalue weighted by Crippen LogP contribution is 2.28. The van der Waals surface area contributed by atoms with E-state index in [0.717, 1.165) is 17.8 Å². The van der Waals surface area contributed by atoms with Gasteiger partial charge in [0.1, 0.15) is 9.71 Å². The lowest BCUT2D eigenvalue weighted by Gasteiger charge is -1.97. The molecular formula is C10H10N2O4S. The van der Waals surface area contributed by atoms with Crippen molar-refractivity contribution < 1.29 is 9.90 Å². The lowest BCUT2D eigenvalue weighted by molar-refractivity contribution is 0.0701. The number of carbonyl (C=O) groups is 1. The van der Waals surface area contributed by atoms with Gasteiger partial charge >= 0.3 is 17.1 Å². The van der Waals surface area contributed by atoms with Crippen LogP contribution in [0.15, 0.2) is 9.59 Å². The molecule has 6 nitrogen and oxygen atoms in total. The molecule has 2 heterocycles. The Labute approximate surface area is 98.9 Å². The molecule has 0 saturated carbocycles. The van der Waals surface area contributed by atoms with Crippen LogP contribution in [0.3, 0.4) is 0 Å². The van der Waals surface area contributed by atoms with Gasteiger partial charge in [-0.15, -0.1) is 11.3 Å². The standard InChI is InChI=1S/C10H10N2O4S/c1-2-3-4-5-9(17-6(4)10(15)16)12-8(14)7(13)11-5/h2-3H2,1H3,(H,11,13)(H,12,14)(H,15,16). The first-order valence-corrected chi connectivity index (χ1v) is 5.87. The van der Waals surface area contributed by atoms with Crippen LogP contribution in [-0.2, 0) is 6.42 Å². The molecule has 7 heteroatoms. The van der Waals surface area contributed by atoms with E-state index in [1.54, 1.807) is 0 Å². The number of fused-ring (bicyclic) bond motifs is 1. The molecule has 3 N–H and O–H groups in total. The van der Waals surface area contributed by atoms with E-state index in [1.807, 2.05) is 6.92 Å². The molecule has 0 aliphatic carbocycles. The molecule has 0 radical (unpaired) electrons. The smallest absolute Gasteiger partial charge is 0.346 e. The van der Waals surface area contributed by atoms with Crippen LogP contribution >= 0.6 is 11.3 Å². The highest BCUT2D eigenvalue weighted by molar-refractivity contribution is 7.20. The van der Waals surface area contributed by atoms with E-state index >= 15 is 0 Å². The summed E-state index contributed by atoms with van der Waals surface area (Å²) in [6.07, 6.45) is 1.30. The first kappa shape index (κ1) is 11.6. The molecule has 0 aliphatic heterocycles. The average molecular weight is 254 g/mol. The Hall–Kier alpha value is -1.89. The lowest BCUT2D eigenvalue weighted by Crippen LogP contribution is -2.28. The van der Waals surface area contributed by atoms with Gasteiger partial charge in [0, 0.05) is 5.56 Å². The van der Waals surface area contributed by atoms with Crippen molar-refractivity contribution in [1.29, 1.82) is 0 Å². The molecule has 2 rings (SSSR count). The minimum atomic E-state index is -1.05. The fourth-order valence-electron chi connectivity index (χ4n) is 1.68.